The molecule has 0 spiro atoms. The second-order valence-electron chi connectivity index (χ2n) is 5.17. The first kappa shape index (κ1) is 17.9. The van der Waals surface area contributed by atoms with Gasteiger partial charge in [-0.3, -0.25) is 9.59 Å². The minimum atomic E-state index is -0.206. The summed E-state index contributed by atoms with van der Waals surface area (Å²) in [6.45, 7) is 6.16. The van der Waals surface area contributed by atoms with Crippen LogP contribution in [-0.2, 0) is 22.4 Å². The fourth-order valence-corrected chi connectivity index (χ4v) is 2.82. The van der Waals surface area contributed by atoms with Gasteiger partial charge < -0.3 is 5.32 Å². The van der Waals surface area contributed by atoms with Gasteiger partial charge >= 0.3 is 0 Å². The van der Waals surface area contributed by atoms with Crippen molar-refractivity contribution in [2.24, 2.45) is 0 Å². The van der Waals surface area contributed by atoms with E-state index in [1.54, 1.807) is 0 Å². The lowest BCUT2D eigenvalue weighted by Gasteiger charge is -2.15. The molecule has 0 aliphatic carbocycles. The van der Waals surface area contributed by atoms with Crippen LogP contribution in [0.4, 0.5) is 5.69 Å². The van der Waals surface area contributed by atoms with Gasteiger partial charge in [-0.25, -0.2) is 0 Å². The number of amides is 1. The molecule has 0 radical (unpaired) electrons. The molecular formula is C17H24BrNO2. The number of rotatable bonds is 8. The maximum Gasteiger partial charge on any atom is 0.231 e. The van der Waals surface area contributed by atoms with Crippen LogP contribution in [0.1, 0.15) is 57.6 Å². The summed E-state index contributed by atoms with van der Waals surface area (Å²) in [7, 11) is 0. The van der Waals surface area contributed by atoms with Crippen molar-refractivity contribution >= 4 is 33.3 Å². The van der Waals surface area contributed by atoms with Crippen LogP contribution in [0.3, 0.4) is 0 Å². The molecular weight excluding hydrogens is 330 g/mol. The van der Waals surface area contributed by atoms with Crippen LogP contribution < -0.4 is 5.32 Å². The Balaban J connectivity index is 2.82. The third-order valence-electron chi connectivity index (χ3n) is 3.46. The van der Waals surface area contributed by atoms with Crippen molar-refractivity contribution in [2.45, 2.75) is 59.3 Å². The topological polar surface area (TPSA) is 46.2 Å². The molecule has 21 heavy (non-hydrogen) atoms. The highest BCUT2D eigenvalue weighted by molar-refractivity contribution is 9.10. The number of anilines is 1. The summed E-state index contributed by atoms with van der Waals surface area (Å²) in [5.74, 6) is -0.189. The number of hydrogen-bond donors (Lipinski definition) is 1. The summed E-state index contributed by atoms with van der Waals surface area (Å²) in [6, 6.07) is 4.04. The zero-order valence-corrected chi connectivity index (χ0v) is 14.7. The monoisotopic (exact) mass is 353 g/mol. The summed E-state index contributed by atoms with van der Waals surface area (Å²) in [5.41, 5.74) is 3.06. The van der Waals surface area contributed by atoms with E-state index in [1.807, 2.05) is 19.1 Å². The van der Waals surface area contributed by atoms with Crippen molar-refractivity contribution in [3.8, 4) is 0 Å². The maximum atomic E-state index is 12.1. The molecule has 1 rings (SSSR count). The molecule has 0 saturated carbocycles. The van der Waals surface area contributed by atoms with Gasteiger partial charge in [0, 0.05) is 16.6 Å². The van der Waals surface area contributed by atoms with Crippen LogP contribution in [0.2, 0.25) is 0 Å². The molecule has 1 aromatic rings. The molecule has 1 amide bonds. The molecule has 3 nitrogen and oxygen atoms in total. The predicted octanol–water partition coefficient (Wildman–Crippen LogP) is 4.66. The van der Waals surface area contributed by atoms with E-state index < -0.39 is 0 Å². The van der Waals surface area contributed by atoms with Gasteiger partial charge in [-0.2, -0.15) is 0 Å². The highest BCUT2D eigenvalue weighted by atomic mass is 79.9. The van der Waals surface area contributed by atoms with E-state index in [4.69, 9.17) is 0 Å². The van der Waals surface area contributed by atoms with Gasteiger partial charge in [0.25, 0.3) is 0 Å². The Morgan fingerprint density at radius 3 is 2.14 bits per heavy atom. The lowest BCUT2D eigenvalue weighted by atomic mass is 10.0. The van der Waals surface area contributed by atoms with Crippen molar-refractivity contribution in [3.63, 3.8) is 0 Å². The zero-order chi connectivity index (χ0) is 15.8. The molecule has 0 aliphatic rings. The number of unbranched alkanes of at least 4 members (excludes halogenated alkanes) is 1. The highest BCUT2D eigenvalue weighted by Crippen LogP contribution is 2.27. The minimum Gasteiger partial charge on any atom is -0.325 e. The molecule has 1 aromatic carbocycles. The Bertz CT molecular complexity index is 487. The summed E-state index contributed by atoms with van der Waals surface area (Å²) < 4.78 is 1.02. The molecule has 4 heteroatoms. The molecule has 0 fully saturated rings. The Morgan fingerprint density at radius 1 is 1.10 bits per heavy atom. The van der Waals surface area contributed by atoms with Gasteiger partial charge in [0.2, 0.25) is 5.91 Å². The second-order valence-corrected chi connectivity index (χ2v) is 6.09. The van der Waals surface area contributed by atoms with Gasteiger partial charge in [-0.15, -0.1) is 0 Å². The van der Waals surface area contributed by atoms with Gasteiger partial charge in [-0.1, -0.05) is 43.1 Å². The summed E-state index contributed by atoms with van der Waals surface area (Å²) in [5, 5.41) is 2.93. The third kappa shape index (κ3) is 5.62. The average Bonchev–Trinajstić information content (AvgIpc) is 2.46. The number of halogens is 1. The van der Waals surface area contributed by atoms with Crippen LogP contribution in [0.5, 0.6) is 0 Å². The summed E-state index contributed by atoms with van der Waals surface area (Å²) in [4.78, 5) is 23.8. The number of nitrogens with one attached hydrogen (secondary N) is 1. The lowest BCUT2D eigenvalue weighted by molar-refractivity contribution is -0.125. The van der Waals surface area contributed by atoms with Gasteiger partial charge in [0.15, 0.2) is 0 Å². The number of benzene rings is 1. The molecule has 0 saturated heterocycles. The van der Waals surface area contributed by atoms with Gasteiger partial charge in [0.1, 0.15) is 5.78 Å². The predicted molar refractivity (Wildman–Crippen MR) is 90.7 cm³/mol. The van der Waals surface area contributed by atoms with Crippen molar-refractivity contribution < 1.29 is 9.59 Å². The van der Waals surface area contributed by atoms with Crippen LogP contribution in [0, 0.1) is 0 Å². The Hall–Kier alpha value is -1.16. The first-order chi connectivity index (χ1) is 10.0. The lowest BCUT2D eigenvalue weighted by Crippen LogP contribution is -2.18. The fourth-order valence-electron chi connectivity index (χ4n) is 2.27. The van der Waals surface area contributed by atoms with Crippen LogP contribution in [0.15, 0.2) is 16.6 Å². The molecule has 0 atom stereocenters. The highest BCUT2D eigenvalue weighted by Gasteiger charge is 2.14. The quantitative estimate of drug-likeness (QED) is 0.690. The number of carbonyl (C=O) groups is 2. The van der Waals surface area contributed by atoms with Crippen molar-refractivity contribution in [1.29, 1.82) is 0 Å². The smallest absolute Gasteiger partial charge is 0.231 e. The van der Waals surface area contributed by atoms with Crippen molar-refractivity contribution in [2.75, 3.05) is 5.32 Å². The van der Waals surface area contributed by atoms with E-state index in [0.717, 1.165) is 47.0 Å². The fraction of sp³-hybridized carbons (Fsp3) is 0.529. The minimum absolute atomic E-state index is 0.0163. The molecule has 0 heterocycles. The van der Waals surface area contributed by atoms with E-state index in [0.29, 0.717) is 6.42 Å². The van der Waals surface area contributed by atoms with Crippen LogP contribution in [-0.4, -0.2) is 11.7 Å². The normalized spacial score (nSPS) is 10.5. The van der Waals surface area contributed by atoms with E-state index in [2.05, 4.69) is 35.1 Å². The Morgan fingerprint density at radius 2 is 1.67 bits per heavy atom. The second kappa shape index (κ2) is 8.98. The zero-order valence-electron chi connectivity index (χ0n) is 13.1. The number of carbonyl (C=O) groups excluding carboxylic acids is 2. The largest absolute Gasteiger partial charge is 0.325 e. The Kier molecular flexibility index (Phi) is 7.65. The standard InChI is InChI=1S/C17H24BrNO2/c1-4-7-8-15(20)11-16(21)19-17-12(5-2)9-14(18)10-13(17)6-3/h9-10H,4-8,11H2,1-3H3,(H,19,21). The van der Waals surface area contributed by atoms with Crippen molar-refractivity contribution in [1.82, 2.24) is 0 Å². The van der Waals surface area contributed by atoms with E-state index in [-0.39, 0.29) is 18.1 Å². The van der Waals surface area contributed by atoms with Crippen LogP contribution in [0.25, 0.3) is 0 Å². The van der Waals surface area contributed by atoms with E-state index in [1.165, 1.54) is 0 Å². The van der Waals surface area contributed by atoms with E-state index >= 15 is 0 Å². The maximum absolute atomic E-state index is 12.1. The SMILES string of the molecule is CCCCC(=O)CC(=O)Nc1c(CC)cc(Br)cc1CC. The van der Waals surface area contributed by atoms with E-state index in [9.17, 15) is 9.59 Å². The molecule has 1 N–H and O–H groups in total. The van der Waals surface area contributed by atoms with Gasteiger partial charge in [-0.05, 0) is 42.5 Å². The molecule has 0 aliphatic heterocycles. The number of Topliss-reactive ketones (excluding diaryl/α,β-unsaturated/α-hetero) is 1. The first-order valence-corrected chi connectivity index (χ1v) is 8.43. The third-order valence-corrected chi connectivity index (χ3v) is 3.92. The van der Waals surface area contributed by atoms with Crippen LogP contribution >= 0.6 is 15.9 Å². The van der Waals surface area contributed by atoms with Gasteiger partial charge in [0.05, 0.1) is 6.42 Å². The summed E-state index contributed by atoms with van der Waals surface area (Å²) in [6.07, 6.45) is 3.97. The molecule has 116 valence electrons. The number of hydrogen-bond acceptors (Lipinski definition) is 2. The first-order valence-electron chi connectivity index (χ1n) is 7.64. The molecule has 0 aromatic heterocycles. The molecule has 0 bridgehead atoms. The Labute approximate surface area is 135 Å². The average molecular weight is 354 g/mol. The molecule has 0 unspecified atom stereocenters. The van der Waals surface area contributed by atoms with Crippen molar-refractivity contribution in [3.05, 3.63) is 27.7 Å². The number of aryl methyl sites for hydroxylation is 2. The summed E-state index contributed by atoms with van der Waals surface area (Å²) >= 11 is 3.50. The number of ketones is 1.